The first kappa shape index (κ1) is 14.2. The van der Waals surface area contributed by atoms with E-state index in [0.29, 0.717) is 12.5 Å². The molecule has 5 nitrogen and oxygen atoms in total. The van der Waals surface area contributed by atoms with Gasteiger partial charge in [0.15, 0.2) is 0 Å². The van der Waals surface area contributed by atoms with Gasteiger partial charge >= 0.3 is 6.03 Å². The molecule has 2 amide bonds. The van der Waals surface area contributed by atoms with Gasteiger partial charge in [-0.1, -0.05) is 33.6 Å². The van der Waals surface area contributed by atoms with Crippen LogP contribution >= 0.6 is 0 Å². The van der Waals surface area contributed by atoms with Gasteiger partial charge in [0, 0.05) is 6.54 Å². The predicted octanol–water partition coefficient (Wildman–Crippen LogP) is 1.21. The third-order valence-electron chi connectivity index (χ3n) is 2.48. The minimum atomic E-state index is -0.439. The van der Waals surface area contributed by atoms with Crippen LogP contribution in [0.25, 0.3) is 0 Å². The first-order valence-corrected chi connectivity index (χ1v) is 5.50. The second kappa shape index (κ2) is 7.48. The zero-order chi connectivity index (χ0) is 11.8. The average molecular weight is 216 g/mol. The van der Waals surface area contributed by atoms with Gasteiger partial charge in [-0.25, -0.2) is 16.5 Å². The Balaban J connectivity index is 3.61. The summed E-state index contributed by atoms with van der Waals surface area (Å²) in [6.07, 6.45) is 3.31. The van der Waals surface area contributed by atoms with Gasteiger partial charge in [-0.2, -0.15) is 0 Å². The van der Waals surface area contributed by atoms with Crippen LogP contribution in [0.3, 0.4) is 0 Å². The van der Waals surface area contributed by atoms with Gasteiger partial charge in [0.2, 0.25) is 0 Å². The SMILES string of the molecule is CC(C)CCC(C)CCN(N)C(=O)NN. The Kier molecular flexibility index (Phi) is 7.07. The molecule has 0 aliphatic heterocycles. The molecule has 0 spiro atoms. The molecule has 0 saturated heterocycles. The zero-order valence-electron chi connectivity index (χ0n) is 9.99. The van der Waals surface area contributed by atoms with Gasteiger partial charge in [0.05, 0.1) is 0 Å². The molecule has 90 valence electrons. The summed E-state index contributed by atoms with van der Waals surface area (Å²) in [7, 11) is 0. The van der Waals surface area contributed by atoms with Gasteiger partial charge in [-0.3, -0.25) is 10.4 Å². The summed E-state index contributed by atoms with van der Waals surface area (Å²) in [6, 6.07) is -0.439. The molecule has 0 rings (SSSR count). The van der Waals surface area contributed by atoms with Gasteiger partial charge in [-0.05, 0) is 18.3 Å². The lowest BCUT2D eigenvalue weighted by Gasteiger charge is -2.18. The molecule has 0 fully saturated rings. The lowest BCUT2D eigenvalue weighted by Crippen LogP contribution is -2.47. The number of hydrogen-bond donors (Lipinski definition) is 3. The Morgan fingerprint density at radius 2 is 1.87 bits per heavy atom. The van der Waals surface area contributed by atoms with Crippen LogP contribution in [0.4, 0.5) is 4.79 Å². The Morgan fingerprint density at radius 1 is 1.27 bits per heavy atom. The Hall–Kier alpha value is -0.810. The van der Waals surface area contributed by atoms with E-state index in [4.69, 9.17) is 11.7 Å². The van der Waals surface area contributed by atoms with E-state index in [-0.39, 0.29) is 0 Å². The van der Waals surface area contributed by atoms with E-state index in [1.54, 1.807) is 0 Å². The standard InChI is InChI=1S/C10H24N4O/c1-8(2)4-5-9(3)6-7-14(12)10(15)13-11/h8-9H,4-7,11-12H2,1-3H3,(H,13,15). The number of rotatable bonds is 6. The lowest BCUT2D eigenvalue weighted by atomic mass is 9.97. The highest BCUT2D eigenvalue weighted by Crippen LogP contribution is 2.14. The maximum atomic E-state index is 11.0. The van der Waals surface area contributed by atoms with Crippen molar-refractivity contribution in [1.82, 2.24) is 10.4 Å². The molecular formula is C10H24N4O. The maximum absolute atomic E-state index is 11.0. The van der Waals surface area contributed by atoms with Crippen LogP contribution in [0.1, 0.15) is 40.0 Å². The van der Waals surface area contributed by atoms with E-state index in [9.17, 15) is 4.79 Å². The molecule has 0 heterocycles. The summed E-state index contributed by atoms with van der Waals surface area (Å²) in [4.78, 5) is 11.0. The van der Waals surface area contributed by atoms with Crippen molar-refractivity contribution in [2.24, 2.45) is 23.5 Å². The number of hydrazine groups is 2. The second-order valence-electron chi connectivity index (χ2n) is 4.51. The van der Waals surface area contributed by atoms with Crippen molar-refractivity contribution in [1.29, 1.82) is 0 Å². The highest BCUT2D eigenvalue weighted by molar-refractivity contribution is 5.72. The van der Waals surface area contributed by atoms with Crippen molar-refractivity contribution in [2.45, 2.75) is 40.0 Å². The molecule has 15 heavy (non-hydrogen) atoms. The smallest absolute Gasteiger partial charge is 0.275 e. The van der Waals surface area contributed by atoms with Crippen LogP contribution in [0, 0.1) is 11.8 Å². The number of nitrogens with two attached hydrogens (primary N) is 2. The summed E-state index contributed by atoms with van der Waals surface area (Å²) in [5.41, 5.74) is 2.00. The van der Waals surface area contributed by atoms with E-state index in [1.807, 2.05) is 5.43 Å². The minimum Gasteiger partial charge on any atom is -0.275 e. The van der Waals surface area contributed by atoms with Crippen LogP contribution in [-0.4, -0.2) is 17.6 Å². The summed E-state index contributed by atoms with van der Waals surface area (Å²) < 4.78 is 0. The van der Waals surface area contributed by atoms with Crippen molar-refractivity contribution in [2.75, 3.05) is 6.54 Å². The predicted molar refractivity (Wildman–Crippen MR) is 61.5 cm³/mol. The first-order chi connectivity index (χ1) is 6.97. The molecule has 0 radical (unpaired) electrons. The van der Waals surface area contributed by atoms with Crippen molar-refractivity contribution in [3.05, 3.63) is 0 Å². The fourth-order valence-electron chi connectivity index (χ4n) is 1.31. The van der Waals surface area contributed by atoms with Gasteiger partial charge in [0.1, 0.15) is 0 Å². The molecule has 0 bridgehead atoms. The van der Waals surface area contributed by atoms with Crippen LogP contribution < -0.4 is 17.1 Å². The monoisotopic (exact) mass is 216 g/mol. The number of hydrogen-bond acceptors (Lipinski definition) is 3. The fourth-order valence-corrected chi connectivity index (χ4v) is 1.31. The van der Waals surface area contributed by atoms with Crippen LogP contribution in [-0.2, 0) is 0 Å². The molecule has 0 aromatic rings. The second-order valence-corrected chi connectivity index (χ2v) is 4.51. The molecule has 1 atom stereocenters. The highest BCUT2D eigenvalue weighted by atomic mass is 16.2. The quantitative estimate of drug-likeness (QED) is 0.354. The number of amides is 2. The largest absolute Gasteiger partial charge is 0.345 e. The molecule has 0 aromatic carbocycles. The topological polar surface area (TPSA) is 84.4 Å². The molecule has 0 aliphatic rings. The van der Waals surface area contributed by atoms with E-state index in [0.717, 1.165) is 17.3 Å². The third kappa shape index (κ3) is 7.16. The van der Waals surface area contributed by atoms with Crippen molar-refractivity contribution in [3.8, 4) is 0 Å². The number of carbonyl (C=O) groups excluding carboxylic acids is 1. The van der Waals surface area contributed by atoms with Crippen LogP contribution in [0.5, 0.6) is 0 Å². The molecule has 1 unspecified atom stereocenters. The molecule has 0 saturated carbocycles. The Labute approximate surface area is 92.1 Å². The van der Waals surface area contributed by atoms with Crippen molar-refractivity contribution >= 4 is 6.03 Å². The molecule has 0 aromatic heterocycles. The lowest BCUT2D eigenvalue weighted by molar-refractivity contribution is 0.194. The molecule has 5 heteroatoms. The zero-order valence-corrected chi connectivity index (χ0v) is 9.99. The summed E-state index contributed by atoms with van der Waals surface area (Å²) in [5.74, 6) is 11.7. The number of carbonyl (C=O) groups is 1. The van der Waals surface area contributed by atoms with Crippen LogP contribution in [0.15, 0.2) is 0 Å². The summed E-state index contributed by atoms with van der Waals surface area (Å²) in [6.45, 7) is 7.15. The fraction of sp³-hybridized carbons (Fsp3) is 0.900. The molecule has 0 aliphatic carbocycles. The van der Waals surface area contributed by atoms with E-state index in [1.165, 1.54) is 12.8 Å². The van der Waals surface area contributed by atoms with Crippen molar-refractivity contribution in [3.63, 3.8) is 0 Å². The summed E-state index contributed by atoms with van der Waals surface area (Å²) in [5, 5.41) is 1.12. The molecular weight excluding hydrogens is 192 g/mol. The highest BCUT2D eigenvalue weighted by Gasteiger charge is 2.09. The van der Waals surface area contributed by atoms with Gasteiger partial charge in [0.25, 0.3) is 0 Å². The minimum absolute atomic E-state index is 0.439. The maximum Gasteiger partial charge on any atom is 0.345 e. The van der Waals surface area contributed by atoms with Crippen molar-refractivity contribution < 1.29 is 4.79 Å². The van der Waals surface area contributed by atoms with Gasteiger partial charge < -0.3 is 0 Å². The van der Waals surface area contributed by atoms with Crippen LogP contribution in [0.2, 0.25) is 0 Å². The molecule has 5 N–H and O–H groups in total. The third-order valence-corrected chi connectivity index (χ3v) is 2.48. The Morgan fingerprint density at radius 3 is 2.33 bits per heavy atom. The summed E-state index contributed by atoms with van der Waals surface area (Å²) >= 11 is 0. The van der Waals surface area contributed by atoms with E-state index in [2.05, 4.69) is 20.8 Å². The van der Waals surface area contributed by atoms with E-state index < -0.39 is 6.03 Å². The number of nitrogens with one attached hydrogen (secondary N) is 1. The number of urea groups is 1. The first-order valence-electron chi connectivity index (χ1n) is 5.50. The average Bonchev–Trinajstić information content (AvgIpc) is 2.21. The van der Waals surface area contributed by atoms with Gasteiger partial charge in [-0.15, -0.1) is 0 Å². The Bertz CT molecular complexity index is 184. The number of nitrogens with zero attached hydrogens (tertiary/aromatic N) is 1. The normalized spacial score (nSPS) is 12.7. The van der Waals surface area contributed by atoms with E-state index >= 15 is 0 Å².